The first-order valence-electron chi connectivity index (χ1n) is 18.4. The summed E-state index contributed by atoms with van der Waals surface area (Å²) in [5.74, 6) is -6.17. The van der Waals surface area contributed by atoms with Crippen LogP contribution in [-0.4, -0.2) is 89.4 Å². The minimum Gasteiger partial charge on any atom is -0.479 e. The van der Waals surface area contributed by atoms with Gasteiger partial charge in [0.05, 0.1) is 10.9 Å². The second-order valence-electron chi connectivity index (χ2n) is 13.8. The third kappa shape index (κ3) is 10.8. The minimum atomic E-state index is -4.45. The van der Waals surface area contributed by atoms with Crippen LogP contribution >= 0.6 is 0 Å². The highest BCUT2D eigenvalue weighted by atomic mass is 19.4. The van der Waals surface area contributed by atoms with Gasteiger partial charge in [0.1, 0.15) is 5.54 Å². The Hall–Kier alpha value is -5.98. The molecule has 0 aliphatic heterocycles. The van der Waals surface area contributed by atoms with E-state index in [1.54, 1.807) is 42.1 Å². The number of aliphatic carboxylic acids is 2. The molecule has 2 aromatic heterocycles. The zero-order valence-electron chi connectivity index (χ0n) is 32.3. The number of aliphatic hydroxyl groups excluding tert-OH is 2. The van der Waals surface area contributed by atoms with Gasteiger partial charge in [-0.1, -0.05) is 62.4 Å². The van der Waals surface area contributed by atoms with Gasteiger partial charge in [0.15, 0.2) is 34.9 Å². The second kappa shape index (κ2) is 19.2. The Labute approximate surface area is 334 Å². The summed E-state index contributed by atoms with van der Waals surface area (Å²) in [5.41, 5.74) is 6.53. The maximum atomic E-state index is 14.7. The van der Waals surface area contributed by atoms with Crippen molar-refractivity contribution in [2.24, 2.45) is 12.8 Å². The summed E-state index contributed by atoms with van der Waals surface area (Å²) >= 11 is 0. The number of aryl methyl sites for hydroxylation is 3. The van der Waals surface area contributed by atoms with Crippen LogP contribution in [0.3, 0.4) is 0 Å². The maximum absolute atomic E-state index is 14.7. The average Bonchev–Trinajstić information content (AvgIpc) is 3.59. The van der Waals surface area contributed by atoms with Crippen LogP contribution in [0.2, 0.25) is 0 Å². The Morgan fingerprint density at radius 3 is 1.93 bits per heavy atom. The van der Waals surface area contributed by atoms with Crippen LogP contribution in [0, 0.1) is 11.6 Å². The van der Waals surface area contributed by atoms with Gasteiger partial charge in [-0.3, -0.25) is 14.3 Å². The number of halogens is 5. The third-order valence-electron chi connectivity index (χ3n) is 9.98. The number of nitrogens with zero attached hydrogens (tertiary/aromatic N) is 4. The lowest BCUT2D eigenvalue weighted by atomic mass is 9.84. The summed E-state index contributed by atoms with van der Waals surface area (Å²) in [4.78, 5) is 49.0. The van der Waals surface area contributed by atoms with E-state index in [1.807, 2.05) is 13.8 Å². The number of aliphatic hydroxyl groups is 2. The van der Waals surface area contributed by atoms with Crippen LogP contribution in [0.1, 0.15) is 42.7 Å². The first-order chi connectivity index (χ1) is 27.7. The average molecular weight is 830 g/mol. The molecule has 59 heavy (non-hydrogen) atoms. The van der Waals surface area contributed by atoms with Crippen LogP contribution < -0.4 is 11.2 Å². The van der Waals surface area contributed by atoms with E-state index in [9.17, 15) is 41.1 Å². The summed E-state index contributed by atoms with van der Waals surface area (Å²) in [5, 5.41) is 37.4. The van der Waals surface area contributed by atoms with Crippen molar-refractivity contribution in [3.63, 3.8) is 0 Å². The highest BCUT2D eigenvalue weighted by molar-refractivity contribution is 5.86. The number of amides is 1. The molecule has 0 radical (unpaired) electrons. The smallest absolute Gasteiger partial charge is 0.416 e. The number of rotatable bonds is 16. The van der Waals surface area contributed by atoms with Crippen LogP contribution in [-0.2, 0) is 52.4 Å². The van der Waals surface area contributed by atoms with Gasteiger partial charge in [0, 0.05) is 38.0 Å². The number of carbonyl (C=O) groups is 3. The molecule has 0 spiro atoms. The predicted octanol–water partition coefficient (Wildman–Crippen LogP) is 4.52. The summed E-state index contributed by atoms with van der Waals surface area (Å²) in [6.07, 6.45) is -6.97. The molecule has 316 valence electrons. The van der Waals surface area contributed by atoms with Crippen LogP contribution in [0.5, 0.6) is 0 Å². The standard InChI is InChI=1S/C37H38F5N5O2.C4H6O6/c1-4-46(5-2)20-19-36(35(43)49,22-24-9-11-25(12-10-24)26-13-16-28(17-14-26)37(40,41)42)47-29(18-15-27-7-6-8-31(38)33(27)39)21-32(48)30-23-45(3)44-34(30)47;5-1(3(7)8)2(6)4(9)10/h6-14,16-17,21,23H,4-5,15,18-20,22H2,1-3H3,(H2,43,49);1-2,5-6H,(H,7,8)(H,9,10). The minimum absolute atomic E-state index is 0.0358. The van der Waals surface area contributed by atoms with Crippen LogP contribution in [0.25, 0.3) is 22.2 Å². The van der Waals surface area contributed by atoms with Gasteiger partial charge in [-0.25, -0.2) is 18.4 Å². The second-order valence-corrected chi connectivity index (χ2v) is 13.8. The molecule has 0 aliphatic rings. The summed E-state index contributed by atoms with van der Waals surface area (Å²) in [6.45, 7) is 5.90. The monoisotopic (exact) mass is 829 g/mol. The van der Waals surface area contributed by atoms with Gasteiger partial charge in [0.25, 0.3) is 0 Å². The van der Waals surface area contributed by atoms with Gasteiger partial charge < -0.3 is 35.6 Å². The molecule has 18 heteroatoms. The van der Waals surface area contributed by atoms with Crippen molar-refractivity contribution in [3.8, 4) is 11.1 Å². The quantitative estimate of drug-likeness (QED) is 0.0882. The zero-order valence-corrected chi connectivity index (χ0v) is 32.3. The maximum Gasteiger partial charge on any atom is 0.416 e. The molecule has 5 aromatic rings. The van der Waals surface area contributed by atoms with Gasteiger partial charge in [-0.2, -0.15) is 18.3 Å². The number of benzene rings is 3. The van der Waals surface area contributed by atoms with Crippen molar-refractivity contribution < 1.29 is 56.8 Å². The van der Waals surface area contributed by atoms with Crippen molar-refractivity contribution in [2.45, 2.75) is 63.5 Å². The fraction of sp³-hybridized carbons (Fsp3) is 0.341. The molecule has 6 N–H and O–H groups in total. The van der Waals surface area contributed by atoms with Gasteiger partial charge in [-0.15, -0.1) is 0 Å². The Balaban J connectivity index is 0.000000680. The number of hydrogen-bond donors (Lipinski definition) is 5. The van der Waals surface area contributed by atoms with E-state index in [0.717, 1.165) is 18.2 Å². The Morgan fingerprint density at radius 1 is 0.864 bits per heavy atom. The van der Waals surface area contributed by atoms with E-state index in [4.69, 9.17) is 26.2 Å². The number of hydrogen-bond acceptors (Lipinski definition) is 8. The molecular weight excluding hydrogens is 785 g/mol. The highest BCUT2D eigenvalue weighted by Crippen LogP contribution is 2.34. The van der Waals surface area contributed by atoms with E-state index < -0.39 is 59.0 Å². The fourth-order valence-electron chi connectivity index (χ4n) is 6.67. The fourth-order valence-corrected chi connectivity index (χ4v) is 6.67. The first kappa shape index (κ1) is 45.7. The lowest BCUT2D eigenvalue weighted by Gasteiger charge is -2.37. The van der Waals surface area contributed by atoms with Crippen LogP contribution in [0.4, 0.5) is 22.0 Å². The third-order valence-corrected chi connectivity index (χ3v) is 9.98. The predicted molar refractivity (Wildman–Crippen MR) is 206 cm³/mol. The lowest BCUT2D eigenvalue weighted by Crippen LogP contribution is -2.51. The van der Waals surface area contributed by atoms with Crippen molar-refractivity contribution >= 4 is 28.9 Å². The number of fused-ring (bicyclic) bond motifs is 1. The number of nitrogens with two attached hydrogens (primary N) is 1. The van der Waals surface area contributed by atoms with Crippen molar-refractivity contribution in [1.29, 1.82) is 0 Å². The van der Waals surface area contributed by atoms with E-state index in [2.05, 4.69) is 10.00 Å². The molecular formula is C41H44F5N5O8. The van der Waals surface area contributed by atoms with Crippen molar-refractivity contribution in [1.82, 2.24) is 19.2 Å². The van der Waals surface area contributed by atoms with Crippen molar-refractivity contribution in [2.75, 3.05) is 19.6 Å². The van der Waals surface area contributed by atoms with Crippen LogP contribution in [0.15, 0.2) is 83.8 Å². The molecule has 3 unspecified atom stereocenters. The zero-order chi connectivity index (χ0) is 43.8. The number of carboxylic acid groups (broad SMARTS) is 2. The van der Waals surface area contributed by atoms with Crippen molar-refractivity contribution in [3.05, 3.63) is 123 Å². The first-order valence-corrected chi connectivity index (χ1v) is 18.4. The number of alkyl halides is 3. The van der Waals surface area contributed by atoms with Gasteiger partial charge >= 0.3 is 18.1 Å². The van der Waals surface area contributed by atoms with E-state index in [0.29, 0.717) is 42.0 Å². The lowest BCUT2D eigenvalue weighted by molar-refractivity contribution is -0.165. The molecule has 0 aliphatic carbocycles. The molecule has 0 saturated carbocycles. The van der Waals surface area contributed by atoms with E-state index in [-0.39, 0.29) is 47.7 Å². The molecule has 0 saturated heterocycles. The number of carboxylic acids is 2. The van der Waals surface area contributed by atoms with Gasteiger partial charge in [0.2, 0.25) is 5.91 Å². The molecule has 3 atom stereocenters. The SMILES string of the molecule is CCN(CC)CCC(Cc1ccc(-c2ccc(C(F)(F)F)cc2)cc1)(C(N)=O)n1c(CCc2cccc(F)c2F)cc(=O)c2cn(C)nc21.O=C(O)C(O)C(O)C(=O)O. The molecule has 5 rings (SSSR count). The normalized spacial score (nSPS) is 13.7. The number of primary amides is 1. The summed E-state index contributed by atoms with van der Waals surface area (Å²) in [6, 6.07) is 17.3. The van der Waals surface area contributed by atoms with Gasteiger partial charge in [-0.05, 0) is 72.8 Å². The number of pyridine rings is 1. The molecule has 0 fully saturated rings. The molecule has 3 aromatic carbocycles. The highest BCUT2D eigenvalue weighted by Gasteiger charge is 2.42. The summed E-state index contributed by atoms with van der Waals surface area (Å²) < 4.78 is 71.3. The Kier molecular flexibility index (Phi) is 14.9. The molecule has 0 bridgehead atoms. The Morgan fingerprint density at radius 2 is 1.42 bits per heavy atom. The molecule has 1 amide bonds. The molecule has 2 heterocycles. The summed E-state index contributed by atoms with van der Waals surface area (Å²) in [7, 11) is 1.66. The Bertz CT molecular complexity index is 2310. The van der Waals surface area contributed by atoms with E-state index >= 15 is 0 Å². The largest absolute Gasteiger partial charge is 0.479 e. The van der Waals surface area contributed by atoms with E-state index in [1.165, 1.54) is 35.0 Å². The molecule has 13 nitrogen and oxygen atoms in total. The number of aromatic nitrogens is 3. The number of carbonyl (C=O) groups excluding carboxylic acids is 1. The topological polar surface area (TPSA) is 201 Å².